The molecule has 0 saturated carbocycles. The average molecular weight is 611 g/mol. The Morgan fingerprint density at radius 1 is 0.795 bits per heavy atom. The SMILES string of the molecule is CC(C)=CCCC(C)CCCC(=O)Oc1c(C)c(C)c2c(c1C)CCC(C)(CCCC(C)CCCC(C)CCCC(C)C)O2. The van der Waals surface area contributed by atoms with E-state index in [1.807, 2.05) is 0 Å². The number of allylic oxidation sites excluding steroid dienone is 2. The van der Waals surface area contributed by atoms with Crippen LogP contribution < -0.4 is 9.47 Å². The molecule has 2 rings (SSSR count). The van der Waals surface area contributed by atoms with Crippen molar-refractivity contribution >= 4 is 5.97 Å². The topological polar surface area (TPSA) is 35.5 Å². The zero-order valence-electron chi connectivity index (χ0n) is 30.9. The number of hydrogen-bond donors (Lipinski definition) is 0. The number of benzene rings is 1. The van der Waals surface area contributed by atoms with Crippen LogP contribution in [-0.2, 0) is 11.2 Å². The largest absolute Gasteiger partial charge is 0.487 e. The van der Waals surface area contributed by atoms with Gasteiger partial charge in [-0.3, -0.25) is 4.79 Å². The Hall–Kier alpha value is -1.77. The van der Waals surface area contributed by atoms with Crippen LogP contribution in [0.3, 0.4) is 0 Å². The third-order valence-corrected chi connectivity index (χ3v) is 10.3. The second kappa shape index (κ2) is 19.0. The molecule has 0 N–H and O–H groups in total. The third kappa shape index (κ3) is 13.3. The van der Waals surface area contributed by atoms with Crippen molar-refractivity contribution < 1.29 is 14.3 Å². The van der Waals surface area contributed by atoms with Crippen LogP contribution in [0, 0.1) is 44.4 Å². The minimum absolute atomic E-state index is 0.108. The minimum atomic E-state index is -0.123. The summed E-state index contributed by atoms with van der Waals surface area (Å²) in [5, 5.41) is 0. The first-order valence-corrected chi connectivity index (χ1v) is 18.4. The Morgan fingerprint density at radius 2 is 1.36 bits per heavy atom. The molecule has 4 unspecified atom stereocenters. The monoisotopic (exact) mass is 611 g/mol. The highest BCUT2D eigenvalue weighted by atomic mass is 16.5. The molecular weight excluding hydrogens is 540 g/mol. The molecule has 1 aromatic carbocycles. The zero-order chi connectivity index (χ0) is 32.9. The highest BCUT2D eigenvalue weighted by molar-refractivity contribution is 5.74. The molecule has 0 radical (unpaired) electrons. The van der Waals surface area contributed by atoms with Crippen molar-refractivity contribution in [1.29, 1.82) is 0 Å². The maximum atomic E-state index is 12.9. The molecule has 44 heavy (non-hydrogen) atoms. The minimum Gasteiger partial charge on any atom is -0.487 e. The first-order chi connectivity index (χ1) is 20.7. The summed E-state index contributed by atoms with van der Waals surface area (Å²) >= 11 is 0. The van der Waals surface area contributed by atoms with Crippen LogP contribution in [-0.4, -0.2) is 11.6 Å². The van der Waals surface area contributed by atoms with E-state index in [1.165, 1.54) is 68.9 Å². The summed E-state index contributed by atoms with van der Waals surface area (Å²) in [5.74, 6) is 4.81. The third-order valence-electron chi connectivity index (χ3n) is 10.3. The molecule has 0 saturated heterocycles. The average Bonchev–Trinajstić information content (AvgIpc) is 2.93. The van der Waals surface area contributed by atoms with Gasteiger partial charge in [-0.15, -0.1) is 0 Å². The number of esters is 1. The summed E-state index contributed by atoms with van der Waals surface area (Å²) in [4.78, 5) is 12.9. The van der Waals surface area contributed by atoms with E-state index in [2.05, 4.69) is 82.2 Å². The number of fused-ring (bicyclic) bond motifs is 1. The number of hydrogen-bond acceptors (Lipinski definition) is 3. The number of carbonyl (C=O) groups is 1. The molecule has 4 atom stereocenters. The van der Waals surface area contributed by atoms with Crippen molar-refractivity contribution in [1.82, 2.24) is 0 Å². The highest BCUT2D eigenvalue weighted by Crippen LogP contribution is 2.45. The van der Waals surface area contributed by atoms with Crippen LogP contribution in [0.25, 0.3) is 0 Å². The molecule has 1 aromatic rings. The Labute approximate surface area is 273 Å². The molecule has 0 amide bonds. The first kappa shape index (κ1) is 38.4. The molecule has 0 bridgehead atoms. The molecule has 1 heterocycles. The van der Waals surface area contributed by atoms with E-state index in [9.17, 15) is 4.79 Å². The van der Waals surface area contributed by atoms with Gasteiger partial charge in [0, 0.05) is 12.0 Å². The van der Waals surface area contributed by atoms with E-state index in [1.54, 1.807) is 0 Å². The standard InChI is InChI=1S/C41H70O3/c1-29(2)17-12-19-31(5)21-14-22-33(7)24-16-27-41(11)28-26-37-36(10)39(34(8)35(9)40(37)44-41)43-38(42)25-15-23-32(6)20-13-18-30(3)4/h18,29,31-33H,12-17,19-28H2,1-11H3. The fourth-order valence-corrected chi connectivity index (χ4v) is 6.97. The fourth-order valence-electron chi connectivity index (χ4n) is 6.97. The number of carbonyl (C=O) groups excluding carboxylic acids is 1. The Balaban J connectivity index is 1.84. The molecular formula is C41H70O3. The lowest BCUT2D eigenvalue weighted by molar-refractivity contribution is -0.134. The van der Waals surface area contributed by atoms with Crippen molar-refractivity contribution in [3.63, 3.8) is 0 Å². The quantitative estimate of drug-likeness (QED) is 0.0837. The lowest BCUT2D eigenvalue weighted by atomic mass is 9.83. The van der Waals surface area contributed by atoms with Gasteiger partial charge >= 0.3 is 5.97 Å². The molecule has 3 heteroatoms. The number of ether oxygens (including phenoxy) is 2. The van der Waals surface area contributed by atoms with Crippen molar-refractivity contribution in [3.05, 3.63) is 33.9 Å². The van der Waals surface area contributed by atoms with Gasteiger partial charge < -0.3 is 9.47 Å². The van der Waals surface area contributed by atoms with Gasteiger partial charge in [0.2, 0.25) is 0 Å². The molecule has 0 spiro atoms. The lowest BCUT2D eigenvalue weighted by Crippen LogP contribution is -2.37. The van der Waals surface area contributed by atoms with Crippen LogP contribution in [0.1, 0.15) is 174 Å². The van der Waals surface area contributed by atoms with Crippen LogP contribution in [0.15, 0.2) is 11.6 Å². The summed E-state index contributed by atoms with van der Waals surface area (Å²) < 4.78 is 12.8. The van der Waals surface area contributed by atoms with Gasteiger partial charge in [-0.25, -0.2) is 0 Å². The van der Waals surface area contributed by atoms with Gasteiger partial charge in [0.05, 0.1) is 0 Å². The summed E-state index contributed by atoms with van der Waals surface area (Å²) in [7, 11) is 0. The second-order valence-corrected chi connectivity index (χ2v) is 15.8. The summed E-state index contributed by atoms with van der Waals surface area (Å²) in [5.41, 5.74) is 5.74. The summed E-state index contributed by atoms with van der Waals surface area (Å²) in [6.07, 6.45) is 20.9. The Kier molecular flexibility index (Phi) is 16.6. The molecule has 1 aliphatic rings. The molecule has 0 fully saturated rings. The van der Waals surface area contributed by atoms with Gasteiger partial charge in [-0.1, -0.05) is 97.6 Å². The number of rotatable bonds is 20. The van der Waals surface area contributed by atoms with E-state index in [0.717, 1.165) is 84.5 Å². The van der Waals surface area contributed by atoms with E-state index in [-0.39, 0.29) is 11.6 Å². The summed E-state index contributed by atoms with van der Waals surface area (Å²) in [6.45, 7) is 24.8. The molecule has 1 aliphatic heterocycles. The van der Waals surface area contributed by atoms with Gasteiger partial charge in [-0.05, 0) is 127 Å². The van der Waals surface area contributed by atoms with Crippen molar-refractivity contribution in [2.24, 2.45) is 23.7 Å². The lowest BCUT2D eigenvalue weighted by Gasteiger charge is -2.38. The van der Waals surface area contributed by atoms with Gasteiger partial charge in [0.15, 0.2) is 0 Å². The van der Waals surface area contributed by atoms with Gasteiger partial charge in [0.25, 0.3) is 0 Å². The Morgan fingerprint density at radius 3 is 1.98 bits per heavy atom. The maximum absolute atomic E-state index is 12.9. The van der Waals surface area contributed by atoms with Crippen LogP contribution in [0.5, 0.6) is 11.5 Å². The van der Waals surface area contributed by atoms with Gasteiger partial charge in [0.1, 0.15) is 17.1 Å². The highest BCUT2D eigenvalue weighted by Gasteiger charge is 2.34. The van der Waals surface area contributed by atoms with Crippen LogP contribution >= 0.6 is 0 Å². The Bertz CT molecular complexity index is 1050. The fraction of sp³-hybridized carbons (Fsp3) is 0.780. The van der Waals surface area contributed by atoms with Crippen molar-refractivity contribution in [2.75, 3.05) is 0 Å². The predicted molar refractivity (Wildman–Crippen MR) is 190 cm³/mol. The molecule has 252 valence electrons. The normalized spacial score (nSPS) is 18.4. The smallest absolute Gasteiger partial charge is 0.311 e. The van der Waals surface area contributed by atoms with Crippen LogP contribution in [0.2, 0.25) is 0 Å². The maximum Gasteiger partial charge on any atom is 0.311 e. The van der Waals surface area contributed by atoms with Crippen LogP contribution in [0.4, 0.5) is 0 Å². The molecule has 0 aliphatic carbocycles. The van der Waals surface area contributed by atoms with Crippen molar-refractivity contribution in [3.8, 4) is 11.5 Å². The predicted octanol–water partition coefficient (Wildman–Crippen LogP) is 12.6. The molecule has 0 aromatic heterocycles. The van der Waals surface area contributed by atoms with E-state index in [4.69, 9.17) is 9.47 Å². The molecule has 3 nitrogen and oxygen atoms in total. The van der Waals surface area contributed by atoms with Gasteiger partial charge in [-0.2, -0.15) is 0 Å². The zero-order valence-corrected chi connectivity index (χ0v) is 30.9. The van der Waals surface area contributed by atoms with E-state index < -0.39 is 0 Å². The summed E-state index contributed by atoms with van der Waals surface area (Å²) in [6, 6.07) is 0. The first-order valence-electron chi connectivity index (χ1n) is 18.4. The van der Waals surface area contributed by atoms with Crippen molar-refractivity contribution in [2.45, 2.75) is 184 Å². The van der Waals surface area contributed by atoms with E-state index in [0.29, 0.717) is 12.3 Å². The van der Waals surface area contributed by atoms with E-state index >= 15 is 0 Å². The second-order valence-electron chi connectivity index (χ2n) is 15.8.